The van der Waals surface area contributed by atoms with E-state index < -0.39 is 0 Å². The van der Waals surface area contributed by atoms with Crippen LogP contribution in [0.15, 0.2) is 0 Å². The molecule has 0 aromatic rings. The molecule has 64 valence electrons. The molecule has 0 aliphatic heterocycles. The molecule has 0 heterocycles. The molecule has 0 amide bonds. The minimum Gasteiger partial charge on any atom is -0.103 e. The van der Waals surface area contributed by atoms with Gasteiger partial charge in [0.25, 0.3) is 0 Å². The van der Waals surface area contributed by atoms with Crippen molar-refractivity contribution in [3.63, 3.8) is 0 Å². The standard InChI is InChI=1S/C11H20/c1-5-6-7-8-9-10-11(2,3)4/h5-8H2,1-4H3. The lowest BCUT2D eigenvalue weighted by atomic mass is 9.98. The van der Waals surface area contributed by atoms with Gasteiger partial charge in [-0.25, -0.2) is 0 Å². The highest BCUT2D eigenvalue weighted by molar-refractivity contribution is 5.06. The quantitative estimate of drug-likeness (QED) is 0.428. The Balaban J connectivity index is 3.41. The lowest BCUT2D eigenvalue weighted by molar-refractivity contribution is 0.569. The van der Waals surface area contributed by atoms with Gasteiger partial charge in [0.2, 0.25) is 0 Å². The second-order valence-electron chi connectivity index (χ2n) is 4.01. The van der Waals surface area contributed by atoms with Gasteiger partial charge in [-0.3, -0.25) is 0 Å². The fraction of sp³-hybridized carbons (Fsp3) is 0.818. The van der Waals surface area contributed by atoms with E-state index in [1.54, 1.807) is 0 Å². The van der Waals surface area contributed by atoms with Crippen molar-refractivity contribution in [2.75, 3.05) is 0 Å². The van der Waals surface area contributed by atoms with Crippen molar-refractivity contribution in [2.45, 2.75) is 53.4 Å². The van der Waals surface area contributed by atoms with Crippen molar-refractivity contribution in [1.82, 2.24) is 0 Å². The second-order valence-corrected chi connectivity index (χ2v) is 4.01. The Morgan fingerprint density at radius 3 is 2.18 bits per heavy atom. The van der Waals surface area contributed by atoms with Crippen LogP contribution in [0, 0.1) is 17.3 Å². The van der Waals surface area contributed by atoms with Crippen LogP contribution in [0.3, 0.4) is 0 Å². The minimum absolute atomic E-state index is 0.187. The molecular formula is C11H20. The Bertz CT molecular complexity index is 138. The summed E-state index contributed by atoms with van der Waals surface area (Å²) in [6.45, 7) is 8.68. The fourth-order valence-corrected chi connectivity index (χ4v) is 0.791. The highest BCUT2D eigenvalue weighted by Gasteiger charge is 2.02. The van der Waals surface area contributed by atoms with Crippen LogP contribution in [0.4, 0.5) is 0 Å². The molecule has 0 heteroatoms. The normalized spacial score (nSPS) is 10.5. The Kier molecular flexibility index (Phi) is 5.03. The van der Waals surface area contributed by atoms with Crippen LogP contribution < -0.4 is 0 Å². The molecule has 0 N–H and O–H groups in total. The van der Waals surface area contributed by atoms with Gasteiger partial charge in [0.05, 0.1) is 0 Å². The predicted molar refractivity (Wildman–Crippen MR) is 51.4 cm³/mol. The van der Waals surface area contributed by atoms with Gasteiger partial charge in [-0.1, -0.05) is 25.7 Å². The summed E-state index contributed by atoms with van der Waals surface area (Å²) in [7, 11) is 0. The molecule has 0 fully saturated rings. The Hall–Kier alpha value is -0.440. The molecule has 0 unspecified atom stereocenters. The van der Waals surface area contributed by atoms with E-state index in [9.17, 15) is 0 Å². The molecule has 0 atom stereocenters. The topological polar surface area (TPSA) is 0 Å². The van der Waals surface area contributed by atoms with Crippen LogP contribution in [0.2, 0.25) is 0 Å². The molecule has 0 aromatic carbocycles. The van der Waals surface area contributed by atoms with Crippen molar-refractivity contribution in [3.05, 3.63) is 0 Å². The first-order valence-electron chi connectivity index (χ1n) is 4.56. The van der Waals surface area contributed by atoms with Crippen LogP contribution in [-0.2, 0) is 0 Å². The van der Waals surface area contributed by atoms with Crippen LogP contribution in [0.5, 0.6) is 0 Å². The Morgan fingerprint density at radius 2 is 1.73 bits per heavy atom. The largest absolute Gasteiger partial charge is 0.103 e. The summed E-state index contributed by atoms with van der Waals surface area (Å²) in [6.07, 6.45) is 4.95. The summed E-state index contributed by atoms with van der Waals surface area (Å²) in [6, 6.07) is 0. The zero-order chi connectivity index (χ0) is 8.74. The fourth-order valence-electron chi connectivity index (χ4n) is 0.791. The lowest BCUT2D eigenvalue weighted by Gasteiger charge is -2.06. The number of unbranched alkanes of at least 4 members (excludes halogenated alkanes) is 3. The van der Waals surface area contributed by atoms with E-state index in [4.69, 9.17) is 0 Å². The van der Waals surface area contributed by atoms with E-state index in [0.717, 1.165) is 6.42 Å². The molecule has 0 aromatic heterocycles. The van der Waals surface area contributed by atoms with Crippen LogP contribution >= 0.6 is 0 Å². The molecule has 0 saturated carbocycles. The first-order chi connectivity index (χ1) is 5.06. The van der Waals surface area contributed by atoms with Gasteiger partial charge in [-0.2, -0.15) is 0 Å². The zero-order valence-electron chi connectivity index (χ0n) is 8.33. The maximum absolute atomic E-state index is 3.23. The third-order valence-corrected chi connectivity index (χ3v) is 1.37. The van der Waals surface area contributed by atoms with Gasteiger partial charge in [-0.05, 0) is 27.2 Å². The van der Waals surface area contributed by atoms with Gasteiger partial charge in [0, 0.05) is 11.8 Å². The molecule has 0 aliphatic carbocycles. The van der Waals surface area contributed by atoms with E-state index >= 15 is 0 Å². The van der Waals surface area contributed by atoms with Gasteiger partial charge in [-0.15, -0.1) is 5.92 Å². The second kappa shape index (κ2) is 5.24. The van der Waals surface area contributed by atoms with Crippen molar-refractivity contribution in [3.8, 4) is 11.8 Å². The Morgan fingerprint density at radius 1 is 1.09 bits per heavy atom. The highest BCUT2D eigenvalue weighted by atomic mass is 14.1. The van der Waals surface area contributed by atoms with Crippen LogP contribution in [0.25, 0.3) is 0 Å². The molecule has 0 radical (unpaired) electrons. The van der Waals surface area contributed by atoms with Crippen molar-refractivity contribution >= 4 is 0 Å². The molecule has 0 saturated heterocycles. The van der Waals surface area contributed by atoms with E-state index in [1.807, 2.05) is 0 Å². The van der Waals surface area contributed by atoms with Gasteiger partial charge in [0.1, 0.15) is 0 Å². The van der Waals surface area contributed by atoms with Crippen molar-refractivity contribution in [2.24, 2.45) is 5.41 Å². The van der Waals surface area contributed by atoms with E-state index in [-0.39, 0.29) is 5.41 Å². The SMILES string of the molecule is CCCCCC#CC(C)(C)C. The first kappa shape index (κ1) is 10.6. The lowest BCUT2D eigenvalue weighted by Crippen LogP contribution is -1.98. The predicted octanol–water partition coefficient (Wildman–Crippen LogP) is 3.62. The average molecular weight is 152 g/mol. The molecular weight excluding hydrogens is 132 g/mol. The summed E-state index contributed by atoms with van der Waals surface area (Å²) in [4.78, 5) is 0. The highest BCUT2D eigenvalue weighted by Crippen LogP contribution is 2.10. The average Bonchev–Trinajstić information content (AvgIpc) is 1.85. The van der Waals surface area contributed by atoms with E-state index in [2.05, 4.69) is 39.5 Å². The monoisotopic (exact) mass is 152 g/mol. The zero-order valence-corrected chi connectivity index (χ0v) is 8.33. The molecule has 11 heavy (non-hydrogen) atoms. The maximum atomic E-state index is 3.23. The molecule has 0 spiro atoms. The summed E-state index contributed by atoms with van der Waals surface area (Å²) in [5.74, 6) is 6.44. The molecule has 0 nitrogen and oxygen atoms in total. The summed E-state index contributed by atoms with van der Waals surface area (Å²) < 4.78 is 0. The van der Waals surface area contributed by atoms with Crippen molar-refractivity contribution in [1.29, 1.82) is 0 Å². The number of rotatable bonds is 3. The van der Waals surface area contributed by atoms with E-state index in [1.165, 1.54) is 19.3 Å². The maximum Gasteiger partial charge on any atom is 0.0230 e. The van der Waals surface area contributed by atoms with Crippen LogP contribution in [-0.4, -0.2) is 0 Å². The van der Waals surface area contributed by atoms with Gasteiger partial charge in [0.15, 0.2) is 0 Å². The third kappa shape index (κ3) is 9.56. The third-order valence-electron chi connectivity index (χ3n) is 1.37. The molecule has 0 rings (SSSR count). The number of hydrogen-bond donors (Lipinski definition) is 0. The van der Waals surface area contributed by atoms with Crippen LogP contribution in [0.1, 0.15) is 53.4 Å². The van der Waals surface area contributed by atoms with Gasteiger partial charge >= 0.3 is 0 Å². The summed E-state index contributed by atoms with van der Waals surface area (Å²) in [5.41, 5.74) is 0.187. The summed E-state index contributed by atoms with van der Waals surface area (Å²) in [5, 5.41) is 0. The van der Waals surface area contributed by atoms with E-state index in [0.29, 0.717) is 0 Å². The molecule has 0 aliphatic rings. The molecule has 0 bridgehead atoms. The first-order valence-corrected chi connectivity index (χ1v) is 4.56. The van der Waals surface area contributed by atoms with Gasteiger partial charge < -0.3 is 0 Å². The summed E-state index contributed by atoms with van der Waals surface area (Å²) >= 11 is 0. The number of hydrogen-bond acceptors (Lipinski definition) is 0. The Labute approximate surface area is 71.4 Å². The smallest absolute Gasteiger partial charge is 0.0230 e. The van der Waals surface area contributed by atoms with Crippen molar-refractivity contribution < 1.29 is 0 Å². The minimum atomic E-state index is 0.187.